The molecule has 1 aromatic heterocycles. The summed E-state index contributed by atoms with van der Waals surface area (Å²) in [5, 5.41) is 3.00. The van der Waals surface area contributed by atoms with Crippen LogP contribution >= 0.6 is 11.3 Å². The van der Waals surface area contributed by atoms with Gasteiger partial charge in [0, 0.05) is 0 Å². The largest absolute Gasteiger partial charge is 0.0602 e. The Labute approximate surface area is 253 Å². The number of rotatable bonds is 5. The van der Waals surface area contributed by atoms with Crippen LogP contribution in [-0.4, -0.2) is 32.6 Å². The van der Waals surface area contributed by atoms with Crippen molar-refractivity contribution in [3.63, 3.8) is 0 Å². The van der Waals surface area contributed by atoms with Crippen molar-refractivity contribution >= 4 is 78.7 Å². The van der Waals surface area contributed by atoms with Gasteiger partial charge >= 0.3 is 218 Å². The van der Waals surface area contributed by atoms with E-state index in [9.17, 15) is 0 Å². The first kappa shape index (κ1) is 24.5. The van der Waals surface area contributed by atoms with Crippen LogP contribution in [0.4, 0.5) is 39.3 Å². The van der Waals surface area contributed by atoms with Gasteiger partial charge in [-0.25, -0.2) is 0 Å². The Morgan fingerprint density at radius 1 is 0.610 bits per heavy atom. The van der Waals surface area contributed by atoms with Gasteiger partial charge in [0.05, 0.1) is 0 Å². The van der Waals surface area contributed by atoms with Gasteiger partial charge in [0.25, 0.3) is 0 Å². The summed E-state index contributed by atoms with van der Waals surface area (Å²) in [7, 11) is 0. The summed E-state index contributed by atoms with van der Waals surface area (Å²) in [4.78, 5) is 11.6. The number of hydrogen-bond acceptors (Lipinski definition) is 6. The van der Waals surface area contributed by atoms with E-state index in [0.717, 1.165) is 29.0 Å². The molecule has 5 nitrogen and oxygen atoms in total. The second-order valence-corrected chi connectivity index (χ2v) is 13.7. The number of nitrogens with zero attached hydrogens (tertiary/aromatic N) is 4. The fourth-order valence-electron chi connectivity index (χ4n) is 5.45. The quantitative estimate of drug-likeness (QED) is 0.177. The summed E-state index contributed by atoms with van der Waals surface area (Å²) in [6.45, 7) is 0.734. The van der Waals surface area contributed by atoms with E-state index in [1.165, 1.54) is 35.7 Å². The molecule has 0 bridgehead atoms. The Bertz CT molecular complexity index is 1860. The number of ether oxygens (including phenoxy) is 1. The van der Waals surface area contributed by atoms with Gasteiger partial charge in [-0.05, 0) is 12.1 Å². The van der Waals surface area contributed by atoms with Gasteiger partial charge in [-0.2, -0.15) is 0 Å². The first-order valence-electron chi connectivity index (χ1n) is 13.4. The van der Waals surface area contributed by atoms with Crippen molar-refractivity contribution in [3.05, 3.63) is 133 Å². The van der Waals surface area contributed by atoms with Crippen LogP contribution in [0.1, 0.15) is 0 Å². The minimum atomic E-state index is -0.510. The van der Waals surface area contributed by atoms with E-state index in [0.29, 0.717) is 0 Å². The molecule has 8 rings (SSSR count). The summed E-state index contributed by atoms with van der Waals surface area (Å²) in [5.41, 5.74) is 7.06. The predicted molar refractivity (Wildman–Crippen MR) is 170 cm³/mol. The van der Waals surface area contributed by atoms with Crippen molar-refractivity contribution in [1.82, 2.24) is 4.98 Å². The Kier molecular flexibility index (Phi) is 6.15. The molecular formula is C34H24N4OSTe. The molecule has 0 saturated carbocycles. The van der Waals surface area contributed by atoms with Crippen molar-refractivity contribution in [1.29, 1.82) is 0 Å². The molecule has 0 saturated heterocycles. The normalized spacial score (nSPS) is 13.5. The number of anilines is 7. The molecule has 198 valence electrons. The van der Waals surface area contributed by atoms with Crippen LogP contribution in [0, 0.1) is 0 Å². The standard InChI is InChI=1S/C34H24N4OSTe/c1-2-9-24(10-3-1)36-23-37(29-14-5-4-13-28(29)36)25-11-8-12-26(21-25)39-27-17-18-33-31(22-27)38(34-35-19-20-40-34)30-15-6-7-16-32(30)41-33/h1-22H,23H2. The summed E-state index contributed by atoms with van der Waals surface area (Å²) in [5.74, 6) is 1.63. The van der Waals surface area contributed by atoms with Gasteiger partial charge in [0.1, 0.15) is 0 Å². The fourth-order valence-corrected chi connectivity index (χ4v) is 9.08. The zero-order valence-electron chi connectivity index (χ0n) is 21.9. The average Bonchev–Trinajstić information content (AvgIpc) is 3.69. The fraction of sp³-hybridized carbons (Fsp3) is 0.0294. The van der Waals surface area contributed by atoms with Gasteiger partial charge in [0.15, 0.2) is 0 Å². The molecule has 0 radical (unpaired) electrons. The van der Waals surface area contributed by atoms with Crippen molar-refractivity contribution in [3.8, 4) is 11.5 Å². The number of para-hydroxylation sites is 4. The smallest absolute Gasteiger partial charge is 0.0383 e. The molecule has 7 heteroatoms. The second-order valence-electron chi connectivity index (χ2n) is 9.77. The third-order valence-electron chi connectivity index (χ3n) is 7.29. The minimum absolute atomic E-state index is 0.510. The zero-order valence-corrected chi connectivity index (χ0v) is 25.1. The number of aromatic nitrogens is 1. The molecule has 41 heavy (non-hydrogen) atoms. The molecule has 2 aliphatic rings. The summed E-state index contributed by atoms with van der Waals surface area (Å²) < 4.78 is 9.35. The van der Waals surface area contributed by atoms with Gasteiger partial charge in [-0.15, -0.1) is 0 Å². The molecule has 0 unspecified atom stereocenters. The maximum atomic E-state index is 6.53. The summed E-state index contributed by atoms with van der Waals surface area (Å²) in [6, 6.07) is 42.7. The van der Waals surface area contributed by atoms with E-state index >= 15 is 0 Å². The molecule has 5 aromatic carbocycles. The maximum absolute atomic E-state index is 6.53. The van der Waals surface area contributed by atoms with Crippen LogP contribution in [0.15, 0.2) is 133 Å². The van der Waals surface area contributed by atoms with E-state index in [-0.39, 0.29) is 0 Å². The van der Waals surface area contributed by atoms with Crippen molar-refractivity contribution < 1.29 is 4.74 Å². The number of hydrogen-bond donors (Lipinski definition) is 0. The van der Waals surface area contributed by atoms with Crippen LogP contribution in [0.25, 0.3) is 0 Å². The Hall–Kier alpha value is -4.28. The maximum Gasteiger partial charge on any atom is -0.0383 e. The molecular weight excluding hydrogens is 640 g/mol. The van der Waals surface area contributed by atoms with E-state index in [1.807, 2.05) is 17.6 Å². The molecule has 0 aliphatic carbocycles. The van der Waals surface area contributed by atoms with Crippen molar-refractivity contribution in [2.24, 2.45) is 0 Å². The third kappa shape index (κ3) is 4.43. The van der Waals surface area contributed by atoms with E-state index in [2.05, 4.69) is 135 Å². The van der Waals surface area contributed by atoms with Crippen LogP contribution in [0.2, 0.25) is 0 Å². The Morgan fingerprint density at radius 2 is 1.29 bits per heavy atom. The van der Waals surface area contributed by atoms with Crippen LogP contribution in [0.5, 0.6) is 11.5 Å². The average molecular weight is 664 g/mol. The van der Waals surface area contributed by atoms with Gasteiger partial charge < -0.3 is 0 Å². The zero-order chi connectivity index (χ0) is 27.2. The first-order valence-corrected chi connectivity index (χ1v) is 16.6. The van der Waals surface area contributed by atoms with Gasteiger partial charge in [-0.3, -0.25) is 0 Å². The van der Waals surface area contributed by atoms with Crippen LogP contribution in [-0.2, 0) is 0 Å². The number of thiazole rings is 1. The summed E-state index contributed by atoms with van der Waals surface area (Å²) >= 11 is 1.14. The topological polar surface area (TPSA) is 31.8 Å². The molecule has 0 amide bonds. The van der Waals surface area contributed by atoms with Crippen LogP contribution in [0.3, 0.4) is 0 Å². The van der Waals surface area contributed by atoms with E-state index in [4.69, 9.17) is 4.74 Å². The van der Waals surface area contributed by atoms with E-state index < -0.39 is 20.9 Å². The second kappa shape index (κ2) is 10.3. The van der Waals surface area contributed by atoms with Gasteiger partial charge in [-0.1, -0.05) is 24.3 Å². The first-order chi connectivity index (χ1) is 20.3. The van der Waals surface area contributed by atoms with E-state index in [1.54, 1.807) is 11.3 Å². The molecule has 6 aromatic rings. The monoisotopic (exact) mass is 666 g/mol. The predicted octanol–water partition coefficient (Wildman–Crippen LogP) is 7.62. The van der Waals surface area contributed by atoms with Crippen LogP contribution < -0.4 is 26.7 Å². The Balaban J connectivity index is 1.12. The SMILES string of the molecule is c1ccc(N2CN(c3cccc(Oc4ccc5c(c4)N(c4nccs4)c4ccccc4[Te]5)c3)c3ccccc32)cc1. The number of benzene rings is 5. The molecule has 3 heterocycles. The molecule has 0 fully saturated rings. The Morgan fingerprint density at radius 3 is 2.10 bits per heavy atom. The minimum Gasteiger partial charge on any atom is -0.0602 e. The summed E-state index contributed by atoms with van der Waals surface area (Å²) in [6.07, 6.45) is 1.87. The van der Waals surface area contributed by atoms with Gasteiger partial charge in [0.2, 0.25) is 0 Å². The molecule has 2 aliphatic heterocycles. The third-order valence-corrected chi connectivity index (χ3v) is 11.3. The molecule has 0 N–H and O–H groups in total. The molecule has 0 spiro atoms. The number of fused-ring (bicyclic) bond motifs is 3. The van der Waals surface area contributed by atoms with Crippen molar-refractivity contribution in [2.45, 2.75) is 0 Å². The molecule has 0 atom stereocenters. The van der Waals surface area contributed by atoms with Crippen molar-refractivity contribution in [2.75, 3.05) is 21.4 Å².